The van der Waals surface area contributed by atoms with Gasteiger partial charge in [-0.3, -0.25) is 14.8 Å². The molecule has 1 saturated carbocycles. The van der Waals surface area contributed by atoms with Gasteiger partial charge in [0.2, 0.25) is 0 Å². The van der Waals surface area contributed by atoms with Crippen LogP contribution < -0.4 is 5.32 Å². The summed E-state index contributed by atoms with van der Waals surface area (Å²) in [5.74, 6) is 2.00. The highest BCUT2D eigenvalue weighted by atomic mass is 79.9. The Morgan fingerprint density at radius 1 is 1.20 bits per heavy atom. The number of allylic oxidation sites excluding steroid dienone is 3. The number of aliphatic imine (C=N–C) groups is 2. The number of carbonyl (C=O) groups is 1. The summed E-state index contributed by atoms with van der Waals surface area (Å²) in [7, 11) is 0. The third kappa shape index (κ3) is 5.95. The normalized spacial score (nSPS) is 28.7. The highest BCUT2D eigenvalue weighted by molar-refractivity contribution is 9.12. The average molecular weight is 541 g/mol. The molecule has 4 unspecified atom stereocenters. The highest BCUT2D eigenvalue weighted by Gasteiger charge is 2.30. The molecule has 1 aliphatic carbocycles. The minimum atomic E-state index is 0.122. The van der Waals surface area contributed by atoms with E-state index in [1.54, 1.807) is 6.07 Å². The Hall–Kier alpha value is -2.25. The van der Waals surface area contributed by atoms with Gasteiger partial charge < -0.3 is 15.2 Å². The smallest absolute Gasteiger partial charge is 0.138 e. The van der Waals surface area contributed by atoms with Crippen molar-refractivity contribution in [3.63, 3.8) is 0 Å². The molecule has 0 amide bonds. The Bertz CT molecular complexity index is 1070. The number of nitrogens with one attached hydrogen (secondary N) is 1. The van der Waals surface area contributed by atoms with Gasteiger partial charge in [0.05, 0.1) is 22.5 Å². The first kappa shape index (κ1) is 24.4. The molecule has 2 fully saturated rings. The van der Waals surface area contributed by atoms with Gasteiger partial charge in [0.1, 0.15) is 11.5 Å². The number of hydrogen-bond acceptors (Lipinski definition) is 6. The zero-order chi connectivity index (χ0) is 24.2. The van der Waals surface area contributed by atoms with Gasteiger partial charge in [0.25, 0.3) is 0 Å². The lowest BCUT2D eigenvalue weighted by Crippen LogP contribution is -2.29. The summed E-state index contributed by atoms with van der Waals surface area (Å²) >= 11 is 3.64. The molecule has 2 N–H and O–H groups in total. The number of carbonyl (C=O) groups excluding carboxylic acids is 1. The Morgan fingerprint density at radius 2 is 2.06 bits per heavy atom. The first-order chi connectivity index (χ1) is 17.1. The summed E-state index contributed by atoms with van der Waals surface area (Å²) < 4.78 is 6.33. The number of hydrogen-bond donors (Lipinski definition) is 2. The van der Waals surface area contributed by atoms with Crippen molar-refractivity contribution >= 4 is 33.6 Å². The van der Waals surface area contributed by atoms with E-state index < -0.39 is 0 Å². The van der Waals surface area contributed by atoms with E-state index in [0.29, 0.717) is 37.2 Å². The summed E-state index contributed by atoms with van der Waals surface area (Å²) in [5, 5.41) is 14.2. The number of Topliss-reactive ketones (excluding diaryl/α,β-unsaturated/α-hetero) is 1. The Balaban J connectivity index is 1.27. The second-order valence-corrected chi connectivity index (χ2v) is 11.2. The zero-order valence-corrected chi connectivity index (χ0v) is 21.7. The van der Waals surface area contributed by atoms with E-state index >= 15 is 0 Å². The minimum absolute atomic E-state index is 0.122. The molecule has 3 heterocycles. The summed E-state index contributed by atoms with van der Waals surface area (Å²) in [4.78, 5) is 22.1. The maximum absolute atomic E-state index is 12.7. The van der Waals surface area contributed by atoms with E-state index in [2.05, 4.69) is 32.3 Å². The largest absolute Gasteiger partial charge is 0.507 e. The van der Waals surface area contributed by atoms with Crippen LogP contribution in [0.4, 0.5) is 0 Å². The number of fused-ring (bicyclic) bond motifs is 1. The predicted octanol–water partition coefficient (Wildman–Crippen LogP) is 5.17. The molecule has 0 aromatic heterocycles. The molecule has 186 valence electrons. The van der Waals surface area contributed by atoms with Crippen LogP contribution >= 0.6 is 15.9 Å². The number of halogens is 1. The van der Waals surface area contributed by atoms with Crippen LogP contribution in [0.15, 0.2) is 56.2 Å². The van der Waals surface area contributed by atoms with Gasteiger partial charge in [0, 0.05) is 55.4 Å². The van der Waals surface area contributed by atoms with Crippen molar-refractivity contribution in [1.82, 2.24) is 5.32 Å². The van der Waals surface area contributed by atoms with Crippen LogP contribution in [-0.2, 0) is 9.53 Å². The van der Waals surface area contributed by atoms with Crippen LogP contribution in [-0.4, -0.2) is 49.1 Å². The molecule has 3 aliphatic heterocycles. The van der Waals surface area contributed by atoms with Crippen molar-refractivity contribution in [2.24, 2.45) is 33.7 Å². The van der Waals surface area contributed by atoms with Crippen LogP contribution in [0.1, 0.15) is 50.5 Å². The van der Waals surface area contributed by atoms with E-state index in [1.165, 1.54) is 12.8 Å². The fourth-order valence-electron chi connectivity index (χ4n) is 5.80. The van der Waals surface area contributed by atoms with Crippen LogP contribution in [0.25, 0.3) is 0 Å². The van der Waals surface area contributed by atoms with E-state index in [9.17, 15) is 9.90 Å². The first-order valence-electron chi connectivity index (χ1n) is 12.9. The van der Waals surface area contributed by atoms with Crippen molar-refractivity contribution in [3.8, 4) is 5.75 Å². The molecular weight excluding hydrogens is 506 g/mol. The van der Waals surface area contributed by atoms with Crippen molar-refractivity contribution < 1.29 is 14.6 Å². The monoisotopic (exact) mass is 539 g/mol. The average Bonchev–Trinajstić information content (AvgIpc) is 3.33. The third-order valence-electron chi connectivity index (χ3n) is 7.74. The predicted molar refractivity (Wildman–Crippen MR) is 142 cm³/mol. The SMILES string of the molecule is O=C(CC1CCCC(CNC2=CC(c3ccccc3O)=NC3=C(Br)C=NCC3C2)C1)C1CCOC1. The number of benzene rings is 1. The highest BCUT2D eigenvalue weighted by Crippen LogP contribution is 2.35. The molecule has 1 saturated heterocycles. The number of ether oxygens (including phenoxy) is 1. The number of phenols is 1. The molecule has 4 atom stereocenters. The number of para-hydroxylation sites is 1. The molecule has 1 aromatic rings. The van der Waals surface area contributed by atoms with Crippen molar-refractivity contribution in [1.29, 1.82) is 0 Å². The quantitative estimate of drug-likeness (QED) is 0.500. The molecule has 1 aromatic carbocycles. The third-order valence-corrected chi connectivity index (χ3v) is 8.36. The van der Waals surface area contributed by atoms with E-state index in [-0.39, 0.29) is 17.6 Å². The number of nitrogens with zero attached hydrogens (tertiary/aromatic N) is 2. The molecular formula is C28H34BrN3O3. The molecule has 0 radical (unpaired) electrons. The molecule has 5 rings (SSSR count). The number of dihydropyridines is 1. The van der Waals surface area contributed by atoms with E-state index in [0.717, 1.165) is 66.0 Å². The van der Waals surface area contributed by atoms with Crippen LogP contribution in [0, 0.1) is 23.7 Å². The molecule has 4 aliphatic rings. The van der Waals surface area contributed by atoms with Gasteiger partial charge in [-0.2, -0.15) is 0 Å². The van der Waals surface area contributed by atoms with Crippen molar-refractivity contribution in [2.45, 2.75) is 44.9 Å². The molecule has 7 heteroatoms. The lowest BCUT2D eigenvalue weighted by molar-refractivity contribution is -0.124. The van der Waals surface area contributed by atoms with Gasteiger partial charge in [-0.15, -0.1) is 0 Å². The van der Waals surface area contributed by atoms with E-state index in [1.807, 2.05) is 24.4 Å². The van der Waals surface area contributed by atoms with Gasteiger partial charge in [-0.05, 0) is 71.7 Å². The fraction of sp³-hybridized carbons (Fsp3) is 0.536. The maximum atomic E-state index is 12.7. The topological polar surface area (TPSA) is 83.3 Å². The van der Waals surface area contributed by atoms with Gasteiger partial charge in [-0.1, -0.05) is 25.0 Å². The maximum Gasteiger partial charge on any atom is 0.138 e. The van der Waals surface area contributed by atoms with E-state index in [4.69, 9.17) is 9.73 Å². The number of phenolic OH excluding ortho intramolecular Hbond substituents is 1. The molecule has 6 nitrogen and oxygen atoms in total. The lowest BCUT2D eigenvalue weighted by atomic mass is 9.78. The Morgan fingerprint density at radius 3 is 2.89 bits per heavy atom. The fourth-order valence-corrected chi connectivity index (χ4v) is 6.36. The summed E-state index contributed by atoms with van der Waals surface area (Å²) in [6, 6.07) is 7.36. The molecule has 0 bridgehead atoms. The van der Waals surface area contributed by atoms with Crippen LogP contribution in [0.2, 0.25) is 0 Å². The summed E-state index contributed by atoms with van der Waals surface area (Å²) in [6.07, 6.45) is 11.0. The second kappa shape index (κ2) is 11.2. The Labute approximate surface area is 215 Å². The van der Waals surface area contributed by atoms with Crippen molar-refractivity contribution in [2.75, 3.05) is 26.3 Å². The molecule has 0 spiro atoms. The number of rotatable bonds is 7. The number of aromatic hydroxyl groups is 1. The lowest BCUT2D eigenvalue weighted by Gasteiger charge is -2.30. The number of ketones is 1. The Kier molecular flexibility index (Phi) is 7.83. The zero-order valence-electron chi connectivity index (χ0n) is 20.1. The molecule has 35 heavy (non-hydrogen) atoms. The summed E-state index contributed by atoms with van der Waals surface area (Å²) in [5.41, 5.74) is 3.61. The van der Waals surface area contributed by atoms with Gasteiger partial charge >= 0.3 is 0 Å². The first-order valence-corrected chi connectivity index (χ1v) is 13.7. The van der Waals surface area contributed by atoms with Crippen LogP contribution in [0.5, 0.6) is 5.75 Å². The van der Waals surface area contributed by atoms with Crippen molar-refractivity contribution in [3.05, 3.63) is 51.8 Å². The minimum Gasteiger partial charge on any atom is -0.507 e. The van der Waals surface area contributed by atoms with Gasteiger partial charge in [0.15, 0.2) is 0 Å². The van der Waals surface area contributed by atoms with Crippen LogP contribution in [0.3, 0.4) is 0 Å². The van der Waals surface area contributed by atoms with Gasteiger partial charge in [-0.25, -0.2) is 0 Å². The summed E-state index contributed by atoms with van der Waals surface area (Å²) in [6.45, 7) is 2.95. The second-order valence-electron chi connectivity index (χ2n) is 10.3. The standard InChI is InChI=1S/C28H34BrN3O3/c29-24-16-30-15-21-12-22(13-25(32-28(21)24)23-6-1-2-7-26(23)33)31-14-19-5-3-4-18(10-19)11-27(34)20-8-9-35-17-20/h1-2,6-7,13,16,18-21,31,33H,3-5,8-12,14-15,17H2.